The largest absolute Gasteiger partial charge is 0.497 e. The zero-order valence-electron chi connectivity index (χ0n) is 14.1. The molecule has 0 aliphatic heterocycles. The van der Waals surface area contributed by atoms with Crippen molar-refractivity contribution < 1.29 is 14.3 Å². The lowest BCUT2D eigenvalue weighted by molar-refractivity contribution is -0.117. The number of ether oxygens (including phenoxy) is 2. The first-order valence-corrected chi connectivity index (χ1v) is 7.99. The summed E-state index contributed by atoms with van der Waals surface area (Å²) in [5.41, 5.74) is 1.99. The van der Waals surface area contributed by atoms with Gasteiger partial charge in [-0.05, 0) is 36.3 Å². The van der Waals surface area contributed by atoms with Crippen LogP contribution in [0, 0.1) is 0 Å². The Labute approximate surface area is 143 Å². The first kappa shape index (κ1) is 17.8. The topological polar surface area (TPSA) is 47.6 Å². The maximum Gasteiger partial charge on any atom is 0.244 e. The fraction of sp³-hybridized carbons (Fsp3) is 0.250. The van der Waals surface area contributed by atoms with Crippen LogP contribution < -0.4 is 10.1 Å². The molecule has 2 rings (SSSR count). The van der Waals surface area contributed by atoms with Gasteiger partial charge in [0.2, 0.25) is 5.91 Å². The number of benzene rings is 2. The lowest BCUT2D eigenvalue weighted by Crippen LogP contribution is -2.28. The SMILES string of the molecule is CCO[C@H](CNC(=O)/C=C/c1ccccc1)c1ccc(OC)cc1. The van der Waals surface area contributed by atoms with Gasteiger partial charge < -0.3 is 14.8 Å². The van der Waals surface area contributed by atoms with Crippen LogP contribution in [0.15, 0.2) is 60.7 Å². The molecular weight excluding hydrogens is 302 g/mol. The Balaban J connectivity index is 1.92. The molecule has 0 saturated heterocycles. The highest BCUT2D eigenvalue weighted by Crippen LogP contribution is 2.20. The summed E-state index contributed by atoms with van der Waals surface area (Å²) in [6, 6.07) is 17.4. The summed E-state index contributed by atoms with van der Waals surface area (Å²) >= 11 is 0. The van der Waals surface area contributed by atoms with E-state index in [4.69, 9.17) is 9.47 Å². The monoisotopic (exact) mass is 325 g/mol. The number of methoxy groups -OCH3 is 1. The number of rotatable bonds is 8. The predicted octanol–water partition coefficient (Wildman–Crippen LogP) is 3.60. The number of carbonyl (C=O) groups is 1. The molecule has 126 valence electrons. The van der Waals surface area contributed by atoms with Gasteiger partial charge in [-0.1, -0.05) is 42.5 Å². The van der Waals surface area contributed by atoms with E-state index in [1.54, 1.807) is 13.2 Å². The Bertz CT molecular complexity index is 650. The molecule has 1 amide bonds. The molecule has 4 nitrogen and oxygen atoms in total. The van der Waals surface area contributed by atoms with E-state index in [0.29, 0.717) is 13.2 Å². The van der Waals surface area contributed by atoms with Gasteiger partial charge in [-0.25, -0.2) is 0 Å². The zero-order chi connectivity index (χ0) is 17.2. The third-order valence-electron chi connectivity index (χ3n) is 3.54. The molecule has 1 N–H and O–H groups in total. The van der Waals surface area contributed by atoms with Crippen molar-refractivity contribution in [1.29, 1.82) is 0 Å². The molecule has 4 heteroatoms. The van der Waals surface area contributed by atoms with Crippen molar-refractivity contribution in [3.8, 4) is 5.75 Å². The number of carbonyl (C=O) groups excluding carboxylic acids is 1. The summed E-state index contributed by atoms with van der Waals surface area (Å²) in [4.78, 5) is 12.0. The van der Waals surface area contributed by atoms with Crippen LogP contribution in [-0.4, -0.2) is 26.2 Å². The molecule has 0 heterocycles. The van der Waals surface area contributed by atoms with Gasteiger partial charge in [0.1, 0.15) is 5.75 Å². The van der Waals surface area contributed by atoms with Crippen LogP contribution in [-0.2, 0) is 9.53 Å². The lowest BCUT2D eigenvalue weighted by atomic mass is 10.1. The molecule has 0 radical (unpaired) electrons. The second-order valence-corrected chi connectivity index (χ2v) is 5.21. The second kappa shape index (κ2) is 9.53. The van der Waals surface area contributed by atoms with Crippen LogP contribution in [0.4, 0.5) is 0 Å². The Morgan fingerprint density at radius 1 is 1.12 bits per heavy atom. The highest BCUT2D eigenvalue weighted by atomic mass is 16.5. The Morgan fingerprint density at radius 3 is 2.46 bits per heavy atom. The summed E-state index contributed by atoms with van der Waals surface area (Å²) in [6.07, 6.45) is 3.14. The molecule has 0 aliphatic rings. The molecule has 2 aromatic carbocycles. The molecule has 0 bridgehead atoms. The Morgan fingerprint density at radius 2 is 1.83 bits per heavy atom. The molecule has 0 aromatic heterocycles. The average molecular weight is 325 g/mol. The molecular formula is C20H23NO3. The first-order valence-electron chi connectivity index (χ1n) is 7.99. The van der Waals surface area contributed by atoms with E-state index >= 15 is 0 Å². The van der Waals surface area contributed by atoms with E-state index in [1.807, 2.05) is 61.5 Å². The van der Waals surface area contributed by atoms with Gasteiger partial charge >= 0.3 is 0 Å². The minimum atomic E-state index is -0.185. The fourth-order valence-corrected chi connectivity index (χ4v) is 2.28. The normalized spacial score (nSPS) is 12.1. The van der Waals surface area contributed by atoms with Gasteiger partial charge in [-0.3, -0.25) is 4.79 Å². The van der Waals surface area contributed by atoms with Crippen LogP contribution in [0.25, 0.3) is 6.08 Å². The van der Waals surface area contributed by atoms with E-state index in [2.05, 4.69) is 5.32 Å². The summed E-state index contributed by atoms with van der Waals surface area (Å²) in [5, 5.41) is 2.88. The van der Waals surface area contributed by atoms with E-state index in [9.17, 15) is 4.79 Å². The van der Waals surface area contributed by atoms with Crippen LogP contribution in [0.1, 0.15) is 24.2 Å². The van der Waals surface area contributed by atoms with Crippen molar-refractivity contribution in [1.82, 2.24) is 5.32 Å². The summed E-state index contributed by atoms with van der Waals surface area (Å²) in [7, 11) is 1.63. The minimum Gasteiger partial charge on any atom is -0.497 e. The van der Waals surface area contributed by atoms with Crippen LogP contribution in [0.5, 0.6) is 5.75 Å². The van der Waals surface area contributed by atoms with Gasteiger partial charge in [-0.2, -0.15) is 0 Å². The number of hydrogen-bond acceptors (Lipinski definition) is 3. The molecule has 0 unspecified atom stereocenters. The first-order chi connectivity index (χ1) is 11.7. The van der Waals surface area contributed by atoms with Gasteiger partial charge in [0.25, 0.3) is 0 Å². The van der Waals surface area contributed by atoms with E-state index in [-0.39, 0.29) is 12.0 Å². The smallest absolute Gasteiger partial charge is 0.244 e. The lowest BCUT2D eigenvalue weighted by Gasteiger charge is -2.18. The summed E-state index contributed by atoms with van der Waals surface area (Å²) < 4.78 is 10.9. The van der Waals surface area contributed by atoms with E-state index < -0.39 is 0 Å². The zero-order valence-corrected chi connectivity index (χ0v) is 14.1. The van der Waals surface area contributed by atoms with Crippen molar-refractivity contribution >= 4 is 12.0 Å². The van der Waals surface area contributed by atoms with Crippen molar-refractivity contribution in [2.24, 2.45) is 0 Å². The molecule has 24 heavy (non-hydrogen) atoms. The van der Waals surface area contributed by atoms with Crippen LogP contribution in [0.3, 0.4) is 0 Å². The quantitative estimate of drug-likeness (QED) is 0.754. The minimum absolute atomic E-state index is 0.142. The number of nitrogens with one attached hydrogen (secondary N) is 1. The van der Waals surface area contributed by atoms with Crippen molar-refractivity contribution in [2.45, 2.75) is 13.0 Å². The average Bonchev–Trinajstić information content (AvgIpc) is 2.64. The second-order valence-electron chi connectivity index (χ2n) is 5.21. The molecule has 0 aliphatic carbocycles. The maximum absolute atomic E-state index is 12.0. The molecule has 1 atom stereocenters. The third kappa shape index (κ3) is 5.56. The summed E-state index contributed by atoms with van der Waals surface area (Å²) in [6.45, 7) is 2.93. The highest BCUT2D eigenvalue weighted by Gasteiger charge is 2.12. The summed E-state index contributed by atoms with van der Waals surface area (Å²) in [5.74, 6) is 0.654. The maximum atomic E-state index is 12.0. The van der Waals surface area contributed by atoms with Crippen LogP contribution in [0.2, 0.25) is 0 Å². The Hall–Kier alpha value is -2.59. The molecule has 0 spiro atoms. The van der Waals surface area contributed by atoms with Crippen LogP contribution >= 0.6 is 0 Å². The van der Waals surface area contributed by atoms with Crippen molar-refractivity contribution in [3.63, 3.8) is 0 Å². The third-order valence-corrected chi connectivity index (χ3v) is 3.54. The van der Waals surface area contributed by atoms with Crippen molar-refractivity contribution in [2.75, 3.05) is 20.3 Å². The molecule has 0 saturated carbocycles. The van der Waals surface area contributed by atoms with Gasteiger partial charge in [0, 0.05) is 19.2 Å². The highest BCUT2D eigenvalue weighted by molar-refractivity contribution is 5.91. The van der Waals surface area contributed by atoms with E-state index in [1.165, 1.54) is 6.08 Å². The van der Waals surface area contributed by atoms with E-state index in [0.717, 1.165) is 16.9 Å². The molecule has 2 aromatic rings. The molecule has 0 fully saturated rings. The number of amides is 1. The predicted molar refractivity (Wildman–Crippen MR) is 95.8 cm³/mol. The standard InChI is InChI=1S/C20H23NO3/c1-3-24-19(17-10-12-18(23-2)13-11-17)15-21-20(22)14-9-16-7-5-4-6-8-16/h4-14,19H,3,15H2,1-2H3,(H,21,22)/b14-9+/t19-/m1/s1. The fourth-order valence-electron chi connectivity index (χ4n) is 2.28. The Kier molecular flexibility index (Phi) is 7.05. The number of hydrogen-bond donors (Lipinski definition) is 1. The van der Waals surface area contributed by atoms with Gasteiger partial charge in [-0.15, -0.1) is 0 Å². The van der Waals surface area contributed by atoms with Gasteiger partial charge in [0.05, 0.1) is 13.2 Å². The van der Waals surface area contributed by atoms with Crippen molar-refractivity contribution in [3.05, 3.63) is 71.8 Å². The van der Waals surface area contributed by atoms with Gasteiger partial charge in [0.15, 0.2) is 0 Å².